The molecule has 7 nitrogen and oxygen atoms in total. The summed E-state index contributed by atoms with van der Waals surface area (Å²) < 4.78 is 32.0. The van der Waals surface area contributed by atoms with Gasteiger partial charge in [0.2, 0.25) is 18.2 Å². The molecule has 0 amide bonds. The van der Waals surface area contributed by atoms with E-state index in [0.29, 0.717) is 35.8 Å². The molecule has 4 rings (SSSR count). The second kappa shape index (κ2) is 8.11. The Kier molecular flexibility index (Phi) is 5.55. The van der Waals surface area contributed by atoms with Gasteiger partial charge in [0.25, 0.3) is 0 Å². The quantitative estimate of drug-likeness (QED) is 0.617. The maximum Gasteiger partial charge on any atom is 0.248 e. The topological polar surface area (TPSA) is 97.0 Å². The number of aliphatic hydroxyl groups excluding tert-OH is 1. The number of aryl methyl sites for hydroxylation is 1. The molecule has 10 heteroatoms. The molecule has 0 bridgehead atoms. The summed E-state index contributed by atoms with van der Waals surface area (Å²) in [6.07, 6.45) is 0.962. The SMILES string of the molecule is Cc1csc(-c2cc(C(O)Cc3nnco3)cc(NC3CCC(F)(F)CC3)n2)n1. The van der Waals surface area contributed by atoms with Crippen LogP contribution in [0.1, 0.15) is 48.9 Å². The Labute approximate surface area is 170 Å². The first-order valence-corrected chi connectivity index (χ1v) is 10.3. The fourth-order valence-electron chi connectivity index (χ4n) is 3.36. The molecule has 0 radical (unpaired) electrons. The van der Waals surface area contributed by atoms with Crippen molar-refractivity contribution < 1.29 is 18.3 Å². The van der Waals surface area contributed by atoms with E-state index in [1.165, 1.54) is 17.7 Å². The first kappa shape index (κ1) is 19.8. The van der Waals surface area contributed by atoms with Crippen LogP contribution in [0, 0.1) is 6.92 Å². The Morgan fingerprint density at radius 3 is 2.76 bits per heavy atom. The van der Waals surface area contributed by atoms with Gasteiger partial charge in [-0.15, -0.1) is 21.5 Å². The fraction of sp³-hybridized carbons (Fsp3) is 0.474. The number of anilines is 1. The number of hydrogen-bond acceptors (Lipinski definition) is 8. The molecule has 154 valence electrons. The lowest BCUT2D eigenvalue weighted by Crippen LogP contribution is -2.32. The van der Waals surface area contributed by atoms with Crippen molar-refractivity contribution in [1.29, 1.82) is 0 Å². The molecule has 0 spiro atoms. The van der Waals surface area contributed by atoms with Gasteiger partial charge in [-0.25, -0.2) is 18.7 Å². The van der Waals surface area contributed by atoms with Crippen LogP contribution in [0.15, 0.2) is 28.3 Å². The third-order valence-electron chi connectivity index (χ3n) is 4.91. The van der Waals surface area contributed by atoms with Gasteiger partial charge in [-0.3, -0.25) is 0 Å². The van der Waals surface area contributed by atoms with Crippen molar-refractivity contribution in [2.45, 2.75) is 57.1 Å². The molecule has 3 aromatic heterocycles. The van der Waals surface area contributed by atoms with Gasteiger partial charge in [0.1, 0.15) is 16.5 Å². The van der Waals surface area contributed by atoms with Crippen LogP contribution in [0.3, 0.4) is 0 Å². The van der Waals surface area contributed by atoms with Crippen molar-refractivity contribution in [2.75, 3.05) is 5.32 Å². The number of aromatic nitrogens is 4. The minimum absolute atomic E-state index is 0.0867. The van der Waals surface area contributed by atoms with Gasteiger partial charge in [-0.2, -0.15) is 0 Å². The second-order valence-electron chi connectivity index (χ2n) is 7.29. The molecule has 0 aliphatic heterocycles. The average molecular weight is 421 g/mol. The average Bonchev–Trinajstić information content (AvgIpc) is 3.35. The summed E-state index contributed by atoms with van der Waals surface area (Å²) in [6.45, 7) is 1.90. The van der Waals surface area contributed by atoms with Crippen LogP contribution in [0.4, 0.5) is 14.6 Å². The van der Waals surface area contributed by atoms with Crippen LogP contribution in [0.2, 0.25) is 0 Å². The van der Waals surface area contributed by atoms with Crippen LogP contribution in [-0.2, 0) is 6.42 Å². The summed E-state index contributed by atoms with van der Waals surface area (Å²) in [5, 5.41) is 24.0. The first-order valence-electron chi connectivity index (χ1n) is 9.40. The number of pyridine rings is 1. The Bertz CT molecular complexity index is 953. The molecule has 1 saturated carbocycles. The summed E-state index contributed by atoms with van der Waals surface area (Å²) in [7, 11) is 0. The number of rotatable bonds is 6. The Balaban J connectivity index is 1.59. The van der Waals surface area contributed by atoms with E-state index in [1.54, 1.807) is 12.1 Å². The third kappa shape index (κ3) is 4.94. The standard InChI is InChI=1S/C19H21F2N5O2S/c1-11-9-29-18(23-11)14-6-12(15(27)8-17-26-22-10-28-17)7-16(25-14)24-13-2-4-19(20,21)5-3-13/h6-7,9-10,13,15,27H,2-5,8H2,1H3,(H,24,25). The number of thiazole rings is 1. The molecule has 1 fully saturated rings. The van der Waals surface area contributed by atoms with Gasteiger partial charge in [0.05, 0.1) is 12.5 Å². The molecule has 0 aromatic carbocycles. The minimum Gasteiger partial charge on any atom is -0.428 e. The lowest BCUT2D eigenvalue weighted by molar-refractivity contribution is -0.0361. The van der Waals surface area contributed by atoms with Crippen molar-refractivity contribution >= 4 is 17.2 Å². The highest BCUT2D eigenvalue weighted by molar-refractivity contribution is 7.13. The van der Waals surface area contributed by atoms with Gasteiger partial charge in [-0.05, 0) is 37.5 Å². The second-order valence-corrected chi connectivity index (χ2v) is 8.15. The normalized spacial score (nSPS) is 17.9. The molecule has 3 aromatic rings. The molecule has 29 heavy (non-hydrogen) atoms. The number of halogens is 2. The van der Waals surface area contributed by atoms with Gasteiger partial charge in [-0.1, -0.05) is 0 Å². The highest BCUT2D eigenvalue weighted by atomic mass is 32.1. The molecular weight excluding hydrogens is 400 g/mol. The minimum atomic E-state index is -2.59. The zero-order valence-corrected chi connectivity index (χ0v) is 16.6. The van der Waals surface area contributed by atoms with Crippen LogP contribution in [0.5, 0.6) is 0 Å². The fourth-order valence-corrected chi connectivity index (χ4v) is 4.12. The number of nitrogens with one attached hydrogen (secondary N) is 1. The van der Waals surface area contributed by atoms with Crippen LogP contribution < -0.4 is 5.32 Å². The van der Waals surface area contributed by atoms with Crippen molar-refractivity contribution in [2.24, 2.45) is 0 Å². The zero-order chi connectivity index (χ0) is 20.4. The van der Waals surface area contributed by atoms with E-state index >= 15 is 0 Å². The number of aliphatic hydroxyl groups is 1. The highest BCUT2D eigenvalue weighted by Gasteiger charge is 2.35. The molecule has 0 saturated heterocycles. The molecular formula is C19H21F2N5O2S. The number of hydrogen-bond donors (Lipinski definition) is 2. The van der Waals surface area contributed by atoms with E-state index < -0.39 is 12.0 Å². The lowest BCUT2D eigenvalue weighted by Gasteiger charge is -2.29. The molecule has 1 unspecified atom stereocenters. The Hall–Kier alpha value is -2.46. The van der Waals surface area contributed by atoms with Gasteiger partial charge in [0.15, 0.2) is 0 Å². The van der Waals surface area contributed by atoms with E-state index in [9.17, 15) is 13.9 Å². The summed E-state index contributed by atoms with van der Waals surface area (Å²) >= 11 is 1.46. The molecule has 1 atom stereocenters. The summed E-state index contributed by atoms with van der Waals surface area (Å²) in [5.74, 6) is -1.73. The van der Waals surface area contributed by atoms with E-state index in [0.717, 1.165) is 10.7 Å². The van der Waals surface area contributed by atoms with Crippen LogP contribution in [-0.4, -0.2) is 37.2 Å². The summed E-state index contributed by atoms with van der Waals surface area (Å²) in [6, 6.07) is 3.42. The van der Waals surface area contributed by atoms with Gasteiger partial charge in [0, 0.05) is 30.0 Å². The van der Waals surface area contributed by atoms with Gasteiger partial charge >= 0.3 is 0 Å². The van der Waals surface area contributed by atoms with Crippen molar-refractivity contribution in [3.05, 3.63) is 41.1 Å². The molecule has 1 aliphatic carbocycles. The van der Waals surface area contributed by atoms with Crippen molar-refractivity contribution in [1.82, 2.24) is 20.2 Å². The number of nitrogens with zero attached hydrogens (tertiary/aromatic N) is 4. The van der Waals surface area contributed by atoms with Gasteiger partial charge < -0.3 is 14.8 Å². The maximum absolute atomic E-state index is 13.5. The smallest absolute Gasteiger partial charge is 0.248 e. The zero-order valence-electron chi connectivity index (χ0n) is 15.8. The Morgan fingerprint density at radius 1 is 1.31 bits per heavy atom. The summed E-state index contributed by atoms with van der Waals surface area (Å²) in [5.41, 5.74) is 2.12. The highest BCUT2D eigenvalue weighted by Crippen LogP contribution is 2.35. The predicted molar refractivity (Wildman–Crippen MR) is 104 cm³/mol. The first-order chi connectivity index (χ1) is 13.9. The van der Waals surface area contributed by atoms with E-state index in [1.807, 2.05) is 12.3 Å². The Morgan fingerprint density at radius 2 is 2.10 bits per heavy atom. The van der Waals surface area contributed by atoms with Crippen LogP contribution >= 0.6 is 11.3 Å². The van der Waals surface area contributed by atoms with E-state index in [4.69, 9.17) is 4.42 Å². The number of alkyl halides is 2. The molecule has 3 heterocycles. The van der Waals surface area contributed by atoms with E-state index in [-0.39, 0.29) is 25.3 Å². The predicted octanol–water partition coefficient (Wildman–Crippen LogP) is 4.16. The maximum atomic E-state index is 13.5. The van der Waals surface area contributed by atoms with E-state index in [2.05, 4.69) is 25.5 Å². The van der Waals surface area contributed by atoms with Crippen molar-refractivity contribution in [3.8, 4) is 10.7 Å². The monoisotopic (exact) mass is 421 g/mol. The lowest BCUT2D eigenvalue weighted by atomic mass is 9.92. The largest absolute Gasteiger partial charge is 0.428 e. The third-order valence-corrected chi connectivity index (χ3v) is 5.90. The van der Waals surface area contributed by atoms with Crippen LogP contribution in [0.25, 0.3) is 10.7 Å². The molecule has 2 N–H and O–H groups in total. The summed E-state index contributed by atoms with van der Waals surface area (Å²) in [4.78, 5) is 9.08. The van der Waals surface area contributed by atoms with Crippen molar-refractivity contribution in [3.63, 3.8) is 0 Å². The molecule has 1 aliphatic rings.